The van der Waals surface area contributed by atoms with Crippen LogP contribution in [0.25, 0.3) is 0 Å². The number of hydrogen-bond donors (Lipinski definition) is 1. The summed E-state index contributed by atoms with van der Waals surface area (Å²) in [6.45, 7) is 0.756. The lowest BCUT2D eigenvalue weighted by molar-refractivity contribution is -0.128. The Balaban J connectivity index is 1.66. The summed E-state index contributed by atoms with van der Waals surface area (Å²) in [7, 11) is 3.09. The molecule has 0 unspecified atom stereocenters. The summed E-state index contributed by atoms with van der Waals surface area (Å²) in [5.74, 6) is 0.468. The van der Waals surface area contributed by atoms with Crippen molar-refractivity contribution in [2.75, 3.05) is 26.1 Å². The molecule has 1 fully saturated rings. The molecule has 2 aromatic rings. The number of ether oxygens (including phenoxy) is 2. The van der Waals surface area contributed by atoms with E-state index in [0.717, 1.165) is 5.56 Å². The third-order valence-electron chi connectivity index (χ3n) is 4.52. The summed E-state index contributed by atoms with van der Waals surface area (Å²) in [6, 6.07) is 12.5. The molecule has 1 atom stereocenters. The van der Waals surface area contributed by atoms with Crippen molar-refractivity contribution in [3.63, 3.8) is 0 Å². The second-order valence-electron chi connectivity index (χ2n) is 6.36. The number of nitrogens with one attached hydrogen (secondary N) is 1. The van der Waals surface area contributed by atoms with Crippen LogP contribution in [0.1, 0.15) is 12.0 Å². The molecular formula is C20H21ClN2O4. The van der Waals surface area contributed by atoms with E-state index in [2.05, 4.69) is 5.32 Å². The van der Waals surface area contributed by atoms with Crippen molar-refractivity contribution in [1.29, 1.82) is 0 Å². The lowest BCUT2D eigenvalue weighted by Crippen LogP contribution is -2.28. The molecule has 0 aromatic heterocycles. The highest BCUT2D eigenvalue weighted by Gasteiger charge is 2.34. The SMILES string of the molecule is COc1cc(NC(=O)[C@H]2CC(=O)N(Cc3ccccc3Cl)C2)cc(OC)c1. The molecule has 1 aliphatic heterocycles. The molecule has 1 heterocycles. The monoisotopic (exact) mass is 388 g/mol. The Morgan fingerprint density at radius 1 is 1.19 bits per heavy atom. The molecule has 6 nitrogen and oxygen atoms in total. The number of halogens is 1. The normalized spacial score (nSPS) is 16.3. The summed E-state index contributed by atoms with van der Waals surface area (Å²) in [5.41, 5.74) is 1.43. The maximum absolute atomic E-state index is 12.6. The average molecular weight is 389 g/mol. The van der Waals surface area contributed by atoms with Crippen LogP contribution in [0.5, 0.6) is 11.5 Å². The van der Waals surface area contributed by atoms with Crippen LogP contribution in [0.2, 0.25) is 5.02 Å². The molecule has 0 radical (unpaired) electrons. The summed E-state index contributed by atoms with van der Waals surface area (Å²) in [6.07, 6.45) is 0.178. The summed E-state index contributed by atoms with van der Waals surface area (Å²) in [5, 5.41) is 3.46. The first-order valence-corrected chi connectivity index (χ1v) is 8.93. The molecule has 1 N–H and O–H groups in total. The Labute approximate surface area is 163 Å². The summed E-state index contributed by atoms with van der Waals surface area (Å²) >= 11 is 6.17. The number of benzene rings is 2. The Bertz CT molecular complexity index is 833. The van der Waals surface area contributed by atoms with Gasteiger partial charge in [-0.2, -0.15) is 0 Å². The second kappa shape index (κ2) is 8.31. The van der Waals surface area contributed by atoms with Crippen molar-refractivity contribution in [2.24, 2.45) is 5.92 Å². The standard InChI is InChI=1S/C20H21ClN2O4/c1-26-16-8-15(9-17(10-16)27-2)22-20(25)14-7-19(24)23(12-14)11-13-5-3-4-6-18(13)21/h3-6,8-10,14H,7,11-12H2,1-2H3,(H,22,25)/t14-/m0/s1. The van der Waals surface area contributed by atoms with E-state index < -0.39 is 5.92 Å². The molecule has 2 amide bonds. The van der Waals surface area contributed by atoms with Gasteiger partial charge in [-0.05, 0) is 11.6 Å². The van der Waals surface area contributed by atoms with Gasteiger partial charge in [-0.1, -0.05) is 29.8 Å². The molecule has 2 aromatic carbocycles. The lowest BCUT2D eigenvalue weighted by atomic mass is 10.1. The van der Waals surface area contributed by atoms with Gasteiger partial charge >= 0.3 is 0 Å². The van der Waals surface area contributed by atoms with E-state index in [9.17, 15) is 9.59 Å². The zero-order valence-corrected chi connectivity index (χ0v) is 16.0. The maximum atomic E-state index is 12.6. The number of hydrogen-bond acceptors (Lipinski definition) is 4. The van der Waals surface area contributed by atoms with Crippen LogP contribution in [0.4, 0.5) is 5.69 Å². The smallest absolute Gasteiger partial charge is 0.229 e. The third-order valence-corrected chi connectivity index (χ3v) is 4.89. The number of carbonyl (C=O) groups excluding carboxylic acids is 2. The highest BCUT2D eigenvalue weighted by atomic mass is 35.5. The molecule has 7 heteroatoms. The highest BCUT2D eigenvalue weighted by molar-refractivity contribution is 6.31. The number of methoxy groups -OCH3 is 2. The van der Waals surface area contributed by atoms with Crippen LogP contribution in [-0.4, -0.2) is 37.5 Å². The van der Waals surface area contributed by atoms with Gasteiger partial charge in [-0.3, -0.25) is 9.59 Å². The zero-order valence-electron chi connectivity index (χ0n) is 15.2. The van der Waals surface area contributed by atoms with Gasteiger partial charge in [-0.15, -0.1) is 0 Å². The van der Waals surface area contributed by atoms with E-state index >= 15 is 0 Å². The molecule has 27 heavy (non-hydrogen) atoms. The fourth-order valence-electron chi connectivity index (χ4n) is 3.06. The van der Waals surface area contributed by atoms with Crippen molar-refractivity contribution in [1.82, 2.24) is 4.90 Å². The summed E-state index contributed by atoms with van der Waals surface area (Å²) in [4.78, 5) is 26.6. The first kappa shape index (κ1) is 19.0. The number of likely N-dealkylation sites (tertiary alicyclic amines) is 1. The third kappa shape index (κ3) is 4.52. The Kier molecular flexibility index (Phi) is 5.86. The summed E-state index contributed by atoms with van der Waals surface area (Å²) < 4.78 is 10.4. The highest BCUT2D eigenvalue weighted by Crippen LogP contribution is 2.28. The second-order valence-corrected chi connectivity index (χ2v) is 6.76. The topological polar surface area (TPSA) is 67.9 Å². The van der Waals surface area contributed by atoms with Gasteiger partial charge < -0.3 is 19.7 Å². The number of carbonyl (C=O) groups is 2. The Morgan fingerprint density at radius 2 is 1.85 bits per heavy atom. The van der Waals surface area contributed by atoms with Crippen LogP contribution in [-0.2, 0) is 16.1 Å². The molecular weight excluding hydrogens is 368 g/mol. The number of nitrogens with zero attached hydrogens (tertiary/aromatic N) is 1. The minimum absolute atomic E-state index is 0.0571. The van der Waals surface area contributed by atoms with Gasteiger partial charge in [0.05, 0.1) is 20.1 Å². The van der Waals surface area contributed by atoms with Crippen molar-refractivity contribution in [2.45, 2.75) is 13.0 Å². The molecule has 1 aliphatic rings. The van der Waals surface area contributed by atoms with Gasteiger partial charge in [0, 0.05) is 48.4 Å². The van der Waals surface area contributed by atoms with Crippen molar-refractivity contribution in [3.8, 4) is 11.5 Å². The van der Waals surface area contributed by atoms with Gasteiger partial charge in [0.15, 0.2) is 0 Å². The zero-order chi connectivity index (χ0) is 19.4. The minimum Gasteiger partial charge on any atom is -0.497 e. The van der Waals surface area contributed by atoms with E-state index in [4.69, 9.17) is 21.1 Å². The lowest BCUT2D eigenvalue weighted by Gasteiger charge is -2.17. The maximum Gasteiger partial charge on any atom is 0.229 e. The van der Waals surface area contributed by atoms with Crippen LogP contribution in [0.3, 0.4) is 0 Å². The van der Waals surface area contributed by atoms with Gasteiger partial charge in [0.2, 0.25) is 11.8 Å². The Hall–Kier alpha value is -2.73. The minimum atomic E-state index is -0.419. The van der Waals surface area contributed by atoms with Crippen molar-refractivity contribution < 1.29 is 19.1 Å². The van der Waals surface area contributed by atoms with E-state index in [1.807, 2.05) is 18.2 Å². The van der Waals surface area contributed by atoms with Crippen LogP contribution in [0.15, 0.2) is 42.5 Å². The molecule has 0 aliphatic carbocycles. The number of rotatable bonds is 6. The first-order valence-electron chi connectivity index (χ1n) is 8.55. The molecule has 0 saturated carbocycles. The van der Waals surface area contributed by atoms with Crippen LogP contribution in [0, 0.1) is 5.92 Å². The van der Waals surface area contributed by atoms with E-state index in [0.29, 0.717) is 35.3 Å². The van der Waals surface area contributed by atoms with E-state index in [-0.39, 0.29) is 18.2 Å². The molecule has 1 saturated heterocycles. The molecule has 142 valence electrons. The first-order chi connectivity index (χ1) is 13.0. The molecule has 0 bridgehead atoms. The predicted molar refractivity (Wildman–Crippen MR) is 103 cm³/mol. The Morgan fingerprint density at radius 3 is 2.48 bits per heavy atom. The number of anilines is 1. The predicted octanol–water partition coefficient (Wildman–Crippen LogP) is 3.34. The van der Waals surface area contributed by atoms with E-state index in [1.165, 1.54) is 0 Å². The largest absolute Gasteiger partial charge is 0.497 e. The van der Waals surface area contributed by atoms with Crippen LogP contribution >= 0.6 is 11.6 Å². The molecule has 0 spiro atoms. The quantitative estimate of drug-likeness (QED) is 0.824. The fraction of sp³-hybridized carbons (Fsp3) is 0.300. The van der Waals surface area contributed by atoms with Crippen molar-refractivity contribution in [3.05, 3.63) is 53.1 Å². The fourth-order valence-corrected chi connectivity index (χ4v) is 3.25. The molecule has 3 rings (SSSR count). The average Bonchev–Trinajstić information content (AvgIpc) is 3.04. The van der Waals surface area contributed by atoms with Crippen LogP contribution < -0.4 is 14.8 Å². The van der Waals surface area contributed by atoms with Gasteiger partial charge in [0.25, 0.3) is 0 Å². The van der Waals surface area contributed by atoms with E-state index in [1.54, 1.807) is 43.4 Å². The van der Waals surface area contributed by atoms with Gasteiger partial charge in [-0.25, -0.2) is 0 Å². The van der Waals surface area contributed by atoms with Crippen molar-refractivity contribution >= 4 is 29.1 Å². The van der Waals surface area contributed by atoms with Gasteiger partial charge in [0.1, 0.15) is 11.5 Å². The number of amides is 2.